The largest absolute Gasteiger partial charge is 0.508 e. The van der Waals surface area contributed by atoms with E-state index in [4.69, 9.17) is 9.84 Å². The first-order valence-corrected chi connectivity index (χ1v) is 5.18. The van der Waals surface area contributed by atoms with Crippen LogP contribution in [-0.2, 0) is 11.3 Å². The van der Waals surface area contributed by atoms with Crippen molar-refractivity contribution >= 4 is 16.9 Å². The third-order valence-electron chi connectivity index (χ3n) is 2.62. The summed E-state index contributed by atoms with van der Waals surface area (Å²) in [6.45, 7) is 0.900. The van der Waals surface area contributed by atoms with Crippen molar-refractivity contribution in [2.24, 2.45) is 0 Å². The molecule has 2 aromatic rings. The zero-order chi connectivity index (χ0) is 12.4. The summed E-state index contributed by atoms with van der Waals surface area (Å²) in [6.07, 6.45) is 0. The van der Waals surface area contributed by atoms with Crippen LogP contribution < -0.4 is 0 Å². The van der Waals surface area contributed by atoms with Crippen molar-refractivity contribution in [1.82, 2.24) is 4.57 Å². The number of ether oxygens (including phenoxy) is 1. The Kier molecular flexibility index (Phi) is 3.01. The Morgan fingerprint density at radius 2 is 2.18 bits per heavy atom. The van der Waals surface area contributed by atoms with Crippen molar-refractivity contribution in [1.29, 1.82) is 0 Å². The number of carboxylic acids is 1. The summed E-state index contributed by atoms with van der Waals surface area (Å²) in [5, 5.41) is 19.2. The van der Waals surface area contributed by atoms with Crippen LogP contribution in [0.3, 0.4) is 0 Å². The molecule has 1 aromatic heterocycles. The van der Waals surface area contributed by atoms with Crippen LogP contribution in [0, 0.1) is 0 Å². The molecule has 0 unspecified atom stereocenters. The third kappa shape index (κ3) is 2.09. The molecule has 2 rings (SSSR count). The van der Waals surface area contributed by atoms with E-state index in [0.717, 1.165) is 5.52 Å². The number of carbonyl (C=O) groups is 1. The summed E-state index contributed by atoms with van der Waals surface area (Å²) in [4.78, 5) is 11.1. The zero-order valence-corrected chi connectivity index (χ0v) is 9.38. The number of hydrogen-bond donors (Lipinski definition) is 2. The molecule has 0 bridgehead atoms. The van der Waals surface area contributed by atoms with Gasteiger partial charge < -0.3 is 19.5 Å². The molecule has 1 aromatic carbocycles. The van der Waals surface area contributed by atoms with E-state index in [2.05, 4.69) is 0 Å². The fourth-order valence-electron chi connectivity index (χ4n) is 1.86. The van der Waals surface area contributed by atoms with Gasteiger partial charge in [-0.3, -0.25) is 0 Å². The smallest absolute Gasteiger partial charge is 0.352 e. The van der Waals surface area contributed by atoms with Crippen molar-refractivity contribution in [3.63, 3.8) is 0 Å². The van der Waals surface area contributed by atoms with E-state index >= 15 is 0 Å². The Morgan fingerprint density at radius 1 is 1.41 bits per heavy atom. The molecule has 0 aliphatic rings. The molecule has 5 nitrogen and oxygen atoms in total. The van der Waals surface area contributed by atoms with Crippen molar-refractivity contribution < 1.29 is 19.7 Å². The van der Waals surface area contributed by atoms with Gasteiger partial charge in [-0.1, -0.05) is 0 Å². The van der Waals surface area contributed by atoms with Crippen molar-refractivity contribution in [3.8, 4) is 5.75 Å². The molecular formula is C12H13NO4. The number of hydrogen-bond acceptors (Lipinski definition) is 3. The molecular weight excluding hydrogens is 222 g/mol. The number of fused-ring (bicyclic) bond motifs is 1. The van der Waals surface area contributed by atoms with E-state index in [1.807, 2.05) is 0 Å². The molecule has 0 aliphatic carbocycles. The number of aromatic nitrogens is 1. The van der Waals surface area contributed by atoms with Crippen molar-refractivity contribution in [3.05, 3.63) is 30.0 Å². The van der Waals surface area contributed by atoms with Gasteiger partial charge in [0.1, 0.15) is 11.4 Å². The molecule has 0 radical (unpaired) electrons. The Labute approximate surface area is 97.9 Å². The van der Waals surface area contributed by atoms with E-state index in [1.54, 1.807) is 29.9 Å². The highest BCUT2D eigenvalue weighted by atomic mass is 16.5. The van der Waals surface area contributed by atoms with Crippen LogP contribution >= 0.6 is 0 Å². The first-order valence-electron chi connectivity index (χ1n) is 5.18. The molecule has 0 saturated carbocycles. The van der Waals surface area contributed by atoms with Crippen LogP contribution in [0.5, 0.6) is 5.75 Å². The highest BCUT2D eigenvalue weighted by molar-refractivity contribution is 5.95. The van der Waals surface area contributed by atoms with E-state index in [0.29, 0.717) is 18.5 Å². The molecule has 17 heavy (non-hydrogen) atoms. The molecule has 90 valence electrons. The Morgan fingerprint density at radius 3 is 2.82 bits per heavy atom. The molecule has 0 aliphatic heterocycles. The summed E-state index contributed by atoms with van der Waals surface area (Å²) >= 11 is 0. The van der Waals surface area contributed by atoms with Gasteiger partial charge in [0.05, 0.1) is 6.61 Å². The maximum absolute atomic E-state index is 11.1. The average molecular weight is 235 g/mol. The van der Waals surface area contributed by atoms with Crippen LogP contribution in [0.25, 0.3) is 10.9 Å². The Bertz CT molecular complexity index is 559. The highest BCUT2D eigenvalue weighted by Gasteiger charge is 2.14. The SMILES string of the molecule is COCCn1c(C(=O)O)cc2cc(O)ccc21. The van der Waals surface area contributed by atoms with E-state index < -0.39 is 5.97 Å². The lowest BCUT2D eigenvalue weighted by Gasteiger charge is -2.07. The second kappa shape index (κ2) is 4.47. The molecule has 0 amide bonds. The number of benzene rings is 1. The summed E-state index contributed by atoms with van der Waals surface area (Å²) < 4.78 is 6.63. The average Bonchev–Trinajstić information content (AvgIpc) is 2.64. The number of methoxy groups -OCH3 is 1. The monoisotopic (exact) mass is 235 g/mol. The summed E-state index contributed by atoms with van der Waals surface area (Å²) in [5.41, 5.74) is 0.972. The standard InChI is InChI=1S/C12H13NO4/c1-17-5-4-13-10-3-2-9(14)6-8(10)7-11(13)12(15)16/h2-3,6-7,14H,4-5H2,1H3,(H,15,16). The molecule has 2 N–H and O–H groups in total. The summed E-state index contributed by atoms with van der Waals surface area (Å²) in [6, 6.07) is 6.34. The normalized spacial score (nSPS) is 10.9. The number of carboxylic acid groups (broad SMARTS) is 1. The maximum atomic E-state index is 11.1. The first-order chi connectivity index (χ1) is 8.13. The lowest BCUT2D eigenvalue weighted by molar-refractivity contribution is 0.0683. The first kappa shape index (κ1) is 11.5. The predicted octanol–water partition coefficient (Wildman–Crippen LogP) is 1.69. The number of nitrogens with zero attached hydrogens (tertiary/aromatic N) is 1. The van der Waals surface area contributed by atoms with Crippen molar-refractivity contribution in [2.75, 3.05) is 13.7 Å². The van der Waals surface area contributed by atoms with Crippen LogP contribution in [0.2, 0.25) is 0 Å². The minimum Gasteiger partial charge on any atom is -0.508 e. The van der Waals surface area contributed by atoms with E-state index in [1.165, 1.54) is 6.07 Å². The van der Waals surface area contributed by atoms with Crippen LogP contribution in [0.4, 0.5) is 0 Å². The lowest BCUT2D eigenvalue weighted by atomic mass is 10.2. The van der Waals surface area contributed by atoms with Gasteiger partial charge in [-0.25, -0.2) is 4.79 Å². The van der Waals surface area contributed by atoms with Gasteiger partial charge in [-0.2, -0.15) is 0 Å². The van der Waals surface area contributed by atoms with Crippen LogP contribution in [-0.4, -0.2) is 34.5 Å². The van der Waals surface area contributed by atoms with Gasteiger partial charge in [0.2, 0.25) is 0 Å². The van der Waals surface area contributed by atoms with Crippen LogP contribution in [0.15, 0.2) is 24.3 Å². The highest BCUT2D eigenvalue weighted by Crippen LogP contribution is 2.24. The number of aromatic carboxylic acids is 1. The molecule has 0 spiro atoms. The van der Waals surface area contributed by atoms with E-state index in [9.17, 15) is 9.90 Å². The lowest BCUT2D eigenvalue weighted by Crippen LogP contribution is -2.11. The van der Waals surface area contributed by atoms with Crippen LogP contribution in [0.1, 0.15) is 10.5 Å². The minimum atomic E-state index is -0.989. The second-order valence-electron chi connectivity index (χ2n) is 3.72. The maximum Gasteiger partial charge on any atom is 0.352 e. The number of rotatable bonds is 4. The van der Waals surface area contributed by atoms with Gasteiger partial charge in [-0.15, -0.1) is 0 Å². The molecule has 5 heteroatoms. The summed E-state index contributed by atoms with van der Waals surface area (Å²) in [7, 11) is 1.57. The summed E-state index contributed by atoms with van der Waals surface area (Å²) in [5.74, 6) is -0.866. The Hall–Kier alpha value is -2.01. The van der Waals surface area contributed by atoms with Gasteiger partial charge in [0.25, 0.3) is 0 Å². The molecule has 1 heterocycles. The number of aromatic hydroxyl groups is 1. The minimum absolute atomic E-state index is 0.123. The molecule has 0 saturated heterocycles. The predicted molar refractivity (Wildman–Crippen MR) is 62.4 cm³/mol. The number of phenols is 1. The van der Waals surface area contributed by atoms with Gasteiger partial charge in [0, 0.05) is 24.6 Å². The molecule has 0 fully saturated rings. The quantitative estimate of drug-likeness (QED) is 0.845. The second-order valence-corrected chi connectivity index (χ2v) is 3.72. The zero-order valence-electron chi connectivity index (χ0n) is 9.38. The molecule has 0 atom stereocenters. The number of phenolic OH excluding ortho intramolecular Hbond substituents is 1. The third-order valence-corrected chi connectivity index (χ3v) is 2.62. The fraction of sp³-hybridized carbons (Fsp3) is 0.250. The van der Waals surface area contributed by atoms with Gasteiger partial charge in [0.15, 0.2) is 0 Å². The topological polar surface area (TPSA) is 71.7 Å². The Balaban J connectivity index is 2.58. The van der Waals surface area contributed by atoms with E-state index in [-0.39, 0.29) is 11.4 Å². The van der Waals surface area contributed by atoms with Gasteiger partial charge in [-0.05, 0) is 24.3 Å². The fourth-order valence-corrected chi connectivity index (χ4v) is 1.86. The van der Waals surface area contributed by atoms with Gasteiger partial charge >= 0.3 is 5.97 Å². The van der Waals surface area contributed by atoms with Crippen molar-refractivity contribution in [2.45, 2.75) is 6.54 Å².